The van der Waals surface area contributed by atoms with Gasteiger partial charge in [0.05, 0.1) is 6.04 Å². The minimum atomic E-state index is 0.190. The van der Waals surface area contributed by atoms with E-state index in [2.05, 4.69) is 23.6 Å². The lowest BCUT2D eigenvalue weighted by Gasteiger charge is -2.42. The molecular weight excluding hydrogens is 200 g/mol. The molecular formula is C13H24N2O. The summed E-state index contributed by atoms with van der Waals surface area (Å²) in [5.41, 5.74) is 0. The average Bonchev–Trinajstić information content (AvgIpc) is 2.27. The fourth-order valence-corrected chi connectivity index (χ4v) is 2.83. The molecule has 2 aliphatic heterocycles. The molecule has 2 aliphatic rings. The first kappa shape index (κ1) is 11.9. The summed E-state index contributed by atoms with van der Waals surface area (Å²) >= 11 is 0. The van der Waals surface area contributed by atoms with Crippen molar-refractivity contribution in [1.82, 2.24) is 9.80 Å². The second-order valence-electron chi connectivity index (χ2n) is 5.69. The van der Waals surface area contributed by atoms with Crippen LogP contribution in [0.2, 0.25) is 0 Å². The van der Waals surface area contributed by atoms with Crippen molar-refractivity contribution in [1.29, 1.82) is 0 Å². The van der Waals surface area contributed by atoms with Crippen molar-refractivity contribution in [3.63, 3.8) is 0 Å². The van der Waals surface area contributed by atoms with Gasteiger partial charge in [-0.05, 0) is 38.1 Å². The van der Waals surface area contributed by atoms with Gasteiger partial charge in [-0.1, -0.05) is 13.8 Å². The largest absolute Gasteiger partial charge is 0.341 e. The molecule has 0 N–H and O–H groups in total. The lowest BCUT2D eigenvalue weighted by molar-refractivity contribution is -0.142. The van der Waals surface area contributed by atoms with Crippen molar-refractivity contribution < 1.29 is 4.79 Å². The molecule has 0 aromatic carbocycles. The third kappa shape index (κ3) is 2.24. The maximum atomic E-state index is 12.2. The summed E-state index contributed by atoms with van der Waals surface area (Å²) in [6, 6.07) is 0.190. The number of hydrogen-bond donors (Lipinski definition) is 0. The predicted molar refractivity (Wildman–Crippen MR) is 65.2 cm³/mol. The van der Waals surface area contributed by atoms with Crippen molar-refractivity contribution in [2.24, 2.45) is 11.8 Å². The fourth-order valence-electron chi connectivity index (χ4n) is 2.83. The number of amides is 1. The number of likely N-dealkylation sites (tertiary alicyclic amines) is 2. The third-order valence-corrected chi connectivity index (χ3v) is 4.37. The Labute approximate surface area is 98.8 Å². The van der Waals surface area contributed by atoms with Gasteiger partial charge < -0.3 is 4.90 Å². The van der Waals surface area contributed by atoms with Crippen LogP contribution in [0, 0.1) is 11.8 Å². The first-order valence-corrected chi connectivity index (χ1v) is 6.58. The number of rotatable bonds is 2. The standard InChI is InChI=1S/C13H24N2O/c1-10(2)11-4-8-15(9-5-11)13(16)12-6-7-14(12)3/h10-12H,4-9H2,1-3H3. The molecule has 3 heteroatoms. The molecule has 1 unspecified atom stereocenters. The van der Waals surface area contributed by atoms with E-state index in [1.807, 2.05) is 7.05 Å². The molecule has 0 spiro atoms. The first-order chi connectivity index (χ1) is 7.59. The lowest BCUT2D eigenvalue weighted by atomic mass is 9.86. The van der Waals surface area contributed by atoms with Gasteiger partial charge in [0.2, 0.25) is 5.91 Å². The summed E-state index contributed by atoms with van der Waals surface area (Å²) in [5.74, 6) is 1.96. The van der Waals surface area contributed by atoms with Crippen LogP contribution in [0.1, 0.15) is 33.1 Å². The average molecular weight is 224 g/mol. The Kier molecular flexibility index (Phi) is 3.53. The number of piperidine rings is 1. The SMILES string of the molecule is CC(C)C1CCN(C(=O)C2CCN2C)CC1. The van der Waals surface area contributed by atoms with Gasteiger partial charge in [0.25, 0.3) is 0 Å². The number of nitrogens with zero attached hydrogens (tertiary/aromatic N) is 2. The van der Waals surface area contributed by atoms with Crippen LogP contribution in [0.25, 0.3) is 0 Å². The van der Waals surface area contributed by atoms with E-state index in [9.17, 15) is 4.79 Å². The second-order valence-corrected chi connectivity index (χ2v) is 5.69. The van der Waals surface area contributed by atoms with E-state index in [0.717, 1.165) is 37.9 Å². The number of hydrogen-bond acceptors (Lipinski definition) is 2. The molecule has 0 aromatic rings. The van der Waals surface area contributed by atoms with Gasteiger partial charge in [-0.3, -0.25) is 9.69 Å². The zero-order chi connectivity index (χ0) is 11.7. The van der Waals surface area contributed by atoms with Gasteiger partial charge in [0, 0.05) is 19.6 Å². The maximum absolute atomic E-state index is 12.2. The Balaban J connectivity index is 1.82. The monoisotopic (exact) mass is 224 g/mol. The maximum Gasteiger partial charge on any atom is 0.239 e. The normalized spacial score (nSPS) is 28.2. The van der Waals surface area contributed by atoms with Crippen LogP contribution in [0.4, 0.5) is 0 Å². The van der Waals surface area contributed by atoms with E-state index < -0.39 is 0 Å². The molecule has 2 rings (SSSR count). The summed E-state index contributed by atoms with van der Waals surface area (Å²) in [4.78, 5) is 16.4. The molecule has 16 heavy (non-hydrogen) atoms. The van der Waals surface area contributed by atoms with Crippen molar-refractivity contribution in [2.45, 2.75) is 39.2 Å². The van der Waals surface area contributed by atoms with Gasteiger partial charge >= 0.3 is 0 Å². The van der Waals surface area contributed by atoms with Crippen molar-refractivity contribution in [2.75, 3.05) is 26.7 Å². The number of carbonyl (C=O) groups excluding carboxylic acids is 1. The predicted octanol–water partition coefficient (Wildman–Crippen LogP) is 1.59. The highest BCUT2D eigenvalue weighted by molar-refractivity contribution is 5.82. The molecule has 0 saturated carbocycles. The molecule has 0 bridgehead atoms. The van der Waals surface area contributed by atoms with Crippen LogP contribution in [-0.2, 0) is 4.79 Å². The van der Waals surface area contributed by atoms with E-state index >= 15 is 0 Å². The summed E-state index contributed by atoms with van der Waals surface area (Å²) in [6.45, 7) is 7.63. The van der Waals surface area contributed by atoms with E-state index in [1.165, 1.54) is 12.8 Å². The molecule has 92 valence electrons. The second kappa shape index (κ2) is 4.74. The van der Waals surface area contributed by atoms with Crippen LogP contribution >= 0.6 is 0 Å². The minimum absolute atomic E-state index is 0.190. The van der Waals surface area contributed by atoms with Crippen LogP contribution in [0.3, 0.4) is 0 Å². The Morgan fingerprint density at radius 1 is 1.12 bits per heavy atom. The first-order valence-electron chi connectivity index (χ1n) is 6.58. The van der Waals surface area contributed by atoms with Crippen LogP contribution in [0.15, 0.2) is 0 Å². The van der Waals surface area contributed by atoms with Crippen molar-refractivity contribution in [3.05, 3.63) is 0 Å². The lowest BCUT2D eigenvalue weighted by Crippen LogP contribution is -2.56. The Bertz CT molecular complexity index is 257. The van der Waals surface area contributed by atoms with Gasteiger partial charge in [-0.25, -0.2) is 0 Å². The highest BCUT2D eigenvalue weighted by Crippen LogP contribution is 2.26. The van der Waals surface area contributed by atoms with Gasteiger partial charge in [-0.15, -0.1) is 0 Å². The Morgan fingerprint density at radius 3 is 2.12 bits per heavy atom. The zero-order valence-corrected chi connectivity index (χ0v) is 10.8. The van der Waals surface area contributed by atoms with E-state index in [4.69, 9.17) is 0 Å². The summed E-state index contributed by atoms with van der Waals surface area (Å²) in [6.07, 6.45) is 3.44. The minimum Gasteiger partial charge on any atom is -0.341 e. The van der Waals surface area contributed by atoms with Gasteiger partial charge in [-0.2, -0.15) is 0 Å². The zero-order valence-electron chi connectivity index (χ0n) is 10.8. The molecule has 2 saturated heterocycles. The number of carbonyl (C=O) groups is 1. The van der Waals surface area contributed by atoms with Gasteiger partial charge in [0.15, 0.2) is 0 Å². The summed E-state index contributed by atoms with van der Waals surface area (Å²) in [5, 5.41) is 0. The van der Waals surface area contributed by atoms with Crippen LogP contribution in [0.5, 0.6) is 0 Å². The van der Waals surface area contributed by atoms with Crippen LogP contribution in [-0.4, -0.2) is 48.4 Å². The van der Waals surface area contributed by atoms with Crippen LogP contribution < -0.4 is 0 Å². The molecule has 2 fully saturated rings. The van der Waals surface area contributed by atoms with Crippen molar-refractivity contribution >= 4 is 5.91 Å². The molecule has 2 heterocycles. The Hall–Kier alpha value is -0.570. The summed E-state index contributed by atoms with van der Waals surface area (Å²) < 4.78 is 0. The molecule has 0 aliphatic carbocycles. The molecule has 1 atom stereocenters. The van der Waals surface area contributed by atoms with E-state index in [0.29, 0.717) is 5.91 Å². The molecule has 0 radical (unpaired) electrons. The van der Waals surface area contributed by atoms with Crippen molar-refractivity contribution in [3.8, 4) is 0 Å². The highest BCUT2D eigenvalue weighted by atomic mass is 16.2. The highest BCUT2D eigenvalue weighted by Gasteiger charge is 2.35. The molecule has 1 amide bonds. The molecule has 3 nitrogen and oxygen atoms in total. The topological polar surface area (TPSA) is 23.6 Å². The van der Waals surface area contributed by atoms with Gasteiger partial charge in [0.1, 0.15) is 0 Å². The molecule has 0 aromatic heterocycles. The van der Waals surface area contributed by atoms with E-state index in [1.54, 1.807) is 0 Å². The third-order valence-electron chi connectivity index (χ3n) is 4.37. The summed E-state index contributed by atoms with van der Waals surface area (Å²) in [7, 11) is 2.05. The Morgan fingerprint density at radius 2 is 1.75 bits per heavy atom. The van der Waals surface area contributed by atoms with E-state index in [-0.39, 0.29) is 6.04 Å². The fraction of sp³-hybridized carbons (Fsp3) is 0.923. The number of likely N-dealkylation sites (N-methyl/N-ethyl adjacent to an activating group) is 1. The smallest absolute Gasteiger partial charge is 0.239 e. The quantitative estimate of drug-likeness (QED) is 0.711.